The molecular weight excluding hydrogens is 236 g/mol. The monoisotopic (exact) mass is 254 g/mol. The van der Waals surface area contributed by atoms with Crippen LogP contribution in [0.1, 0.15) is 16.7 Å². The van der Waals surface area contributed by atoms with E-state index in [1.807, 2.05) is 18.2 Å². The first kappa shape index (κ1) is 13.2. The predicted molar refractivity (Wildman–Crippen MR) is 79.7 cm³/mol. The fourth-order valence-corrected chi connectivity index (χ4v) is 1.83. The summed E-state index contributed by atoms with van der Waals surface area (Å²) >= 11 is 0. The van der Waals surface area contributed by atoms with Crippen molar-refractivity contribution in [3.8, 4) is 11.5 Å². The second-order valence-corrected chi connectivity index (χ2v) is 4.36. The molecule has 0 N–H and O–H groups in total. The van der Waals surface area contributed by atoms with Gasteiger partial charge in [-0.05, 0) is 30.2 Å². The zero-order valence-corrected chi connectivity index (χ0v) is 11.5. The standard InChI is InChI=1S/C17H18O2/c1-13-4-6-14(7-5-13)8-9-15-10-11-16(18-2)17(12-15)19-3/h4-12H,1-3H3. The lowest BCUT2D eigenvalue weighted by Gasteiger charge is -2.07. The minimum atomic E-state index is 0.744. The van der Waals surface area contributed by atoms with Crippen molar-refractivity contribution < 1.29 is 9.47 Å². The zero-order chi connectivity index (χ0) is 13.7. The molecule has 0 fully saturated rings. The smallest absolute Gasteiger partial charge is 0.161 e. The van der Waals surface area contributed by atoms with E-state index in [0.29, 0.717) is 0 Å². The summed E-state index contributed by atoms with van der Waals surface area (Å²) in [5.74, 6) is 1.49. The Kier molecular flexibility index (Phi) is 4.24. The topological polar surface area (TPSA) is 18.5 Å². The quantitative estimate of drug-likeness (QED) is 0.762. The van der Waals surface area contributed by atoms with Crippen molar-refractivity contribution in [2.24, 2.45) is 0 Å². The van der Waals surface area contributed by atoms with E-state index in [2.05, 4.69) is 43.3 Å². The van der Waals surface area contributed by atoms with Gasteiger partial charge in [0.2, 0.25) is 0 Å². The molecule has 2 heteroatoms. The summed E-state index contributed by atoms with van der Waals surface area (Å²) in [6.07, 6.45) is 4.15. The Morgan fingerprint density at radius 3 is 1.95 bits per heavy atom. The molecule has 98 valence electrons. The van der Waals surface area contributed by atoms with Crippen LogP contribution in [0.25, 0.3) is 12.2 Å². The van der Waals surface area contributed by atoms with Crippen LogP contribution < -0.4 is 9.47 Å². The summed E-state index contributed by atoms with van der Waals surface area (Å²) in [6, 6.07) is 14.3. The summed E-state index contributed by atoms with van der Waals surface area (Å²) in [4.78, 5) is 0. The van der Waals surface area contributed by atoms with E-state index in [4.69, 9.17) is 9.47 Å². The summed E-state index contributed by atoms with van der Waals surface area (Å²) in [7, 11) is 3.28. The summed E-state index contributed by atoms with van der Waals surface area (Å²) in [5, 5.41) is 0. The van der Waals surface area contributed by atoms with E-state index in [1.165, 1.54) is 11.1 Å². The molecule has 0 saturated heterocycles. The molecule has 2 rings (SSSR count). The molecule has 0 aromatic heterocycles. The molecule has 0 amide bonds. The maximum atomic E-state index is 5.29. The van der Waals surface area contributed by atoms with Gasteiger partial charge >= 0.3 is 0 Å². The molecule has 2 nitrogen and oxygen atoms in total. The zero-order valence-electron chi connectivity index (χ0n) is 11.5. The lowest BCUT2D eigenvalue weighted by atomic mass is 10.1. The van der Waals surface area contributed by atoms with Crippen molar-refractivity contribution in [1.82, 2.24) is 0 Å². The molecule has 0 aliphatic rings. The number of hydrogen-bond acceptors (Lipinski definition) is 2. The van der Waals surface area contributed by atoms with Crippen molar-refractivity contribution in [3.63, 3.8) is 0 Å². The van der Waals surface area contributed by atoms with Crippen LogP contribution in [0.15, 0.2) is 42.5 Å². The third kappa shape index (κ3) is 3.38. The second-order valence-electron chi connectivity index (χ2n) is 4.36. The van der Waals surface area contributed by atoms with Crippen molar-refractivity contribution in [1.29, 1.82) is 0 Å². The van der Waals surface area contributed by atoms with Gasteiger partial charge in [0.25, 0.3) is 0 Å². The van der Waals surface area contributed by atoms with E-state index in [9.17, 15) is 0 Å². The van der Waals surface area contributed by atoms with Gasteiger partial charge in [0.1, 0.15) is 0 Å². The number of benzene rings is 2. The maximum Gasteiger partial charge on any atom is 0.161 e. The molecule has 0 spiro atoms. The predicted octanol–water partition coefficient (Wildman–Crippen LogP) is 4.18. The van der Waals surface area contributed by atoms with E-state index >= 15 is 0 Å². The van der Waals surface area contributed by atoms with Gasteiger partial charge in [-0.3, -0.25) is 0 Å². The third-order valence-electron chi connectivity index (χ3n) is 2.95. The fraction of sp³-hybridized carbons (Fsp3) is 0.176. The molecule has 0 bridgehead atoms. The first-order valence-electron chi connectivity index (χ1n) is 6.19. The Morgan fingerprint density at radius 1 is 0.737 bits per heavy atom. The van der Waals surface area contributed by atoms with Gasteiger partial charge in [-0.25, -0.2) is 0 Å². The summed E-state index contributed by atoms with van der Waals surface area (Å²) in [5.41, 5.74) is 3.53. The Labute approximate surface area is 114 Å². The minimum absolute atomic E-state index is 0.744. The second kappa shape index (κ2) is 6.10. The van der Waals surface area contributed by atoms with Gasteiger partial charge in [-0.15, -0.1) is 0 Å². The van der Waals surface area contributed by atoms with Crippen LogP contribution in [-0.4, -0.2) is 14.2 Å². The SMILES string of the molecule is COc1ccc(C=Cc2ccc(C)cc2)cc1OC. The average Bonchev–Trinajstić information content (AvgIpc) is 2.46. The summed E-state index contributed by atoms with van der Waals surface area (Å²) in [6.45, 7) is 2.09. The van der Waals surface area contributed by atoms with Crippen molar-refractivity contribution in [3.05, 3.63) is 59.2 Å². The first-order chi connectivity index (χ1) is 9.22. The van der Waals surface area contributed by atoms with Gasteiger partial charge in [0.15, 0.2) is 11.5 Å². The highest BCUT2D eigenvalue weighted by Gasteiger charge is 2.02. The van der Waals surface area contributed by atoms with Gasteiger partial charge in [-0.2, -0.15) is 0 Å². The molecule has 0 heterocycles. The van der Waals surface area contributed by atoms with E-state index in [1.54, 1.807) is 14.2 Å². The molecule has 0 unspecified atom stereocenters. The van der Waals surface area contributed by atoms with Crippen LogP contribution >= 0.6 is 0 Å². The summed E-state index contributed by atoms with van der Waals surface area (Å²) < 4.78 is 10.5. The minimum Gasteiger partial charge on any atom is -0.493 e. The molecular formula is C17H18O2. The largest absolute Gasteiger partial charge is 0.493 e. The molecule has 0 radical (unpaired) electrons. The fourth-order valence-electron chi connectivity index (χ4n) is 1.83. The number of aryl methyl sites for hydroxylation is 1. The Balaban J connectivity index is 2.21. The van der Waals surface area contributed by atoms with Crippen LogP contribution in [0.2, 0.25) is 0 Å². The third-order valence-corrected chi connectivity index (χ3v) is 2.95. The highest BCUT2D eigenvalue weighted by molar-refractivity contribution is 5.71. The van der Waals surface area contributed by atoms with Gasteiger partial charge < -0.3 is 9.47 Å². The highest BCUT2D eigenvalue weighted by atomic mass is 16.5. The number of methoxy groups -OCH3 is 2. The molecule has 2 aromatic carbocycles. The van der Waals surface area contributed by atoms with Crippen molar-refractivity contribution >= 4 is 12.2 Å². The number of rotatable bonds is 4. The Morgan fingerprint density at radius 2 is 1.32 bits per heavy atom. The van der Waals surface area contributed by atoms with Crippen LogP contribution in [-0.2, 0) is 0 Å². The van der Waals surface area contributed by atoms with E-state index in [-0.39, 0.29) is 0 Å². The molecule has 0 aliphatic carbocycles. The molecule has 0 atom stereocenters. The Hall–Kier alpha value is -2.22. The molecule has 0 saturated carbocycles. The normalized spacial score (nSPS) is 10.7. The van der Waals surface area contributed by atoms with Gasteiger partial charge in [0, 0.05) is 0 Å². The van der Waals surface area contributed by atoms with E-state index < -0.39 is 0 Å². The average molecular weight is 254 g/mol. The maximum absolute atomic E-state index is 5.29. The number of ether oxygens (including phenoxy) is 2. The van der Waals surface area contributed by atoms with Gasteiger partial charge in [-0.1, -0.05) is 48.0 Å². The van der Waals surface area contributed by atoms with Crippen LogP contribution in [0.4, 0.5) is 0 Å². The lowest BCUT2D eigenvalue weighted by Crippen LogP contribution is -1.90. The van der Waals surface area contributed by atoms with Crippen LogP contribution in [0, 0.1) is 6.92 Å². The number of hydrogen-bond donors (Lipinski definition) is 0. The van der Waals surface area contributed by atoms with Crippen LogP contribution in [0.3, 0.4) is 0 Å². The van der Waals surface area contributed by atoms with Gasteiger partial charge in [0.05, 0.1) is 14.2 Å². The molecule has 2 aromatic rings. The van der Waals surface area contributed by atoms with Crippen LogP contribution in [0.5, 0.6) is 11.5 Å². The first-order valence-corrected chi connectivity index (χ1v) is 6.19. The highest BCUT2D eigenvalue weighted by Crippen LogP contribution is 2.28. The van der Waals surface area contributed by atoms with Crippen molar-refractivity contribution in [2.45, 2.75) is 6.92 Å². The Bertz CT molecular complexity index is 568. The van der Waals surface area contributed by atoms with Crippen molar-refractivity contribution in [2.75, 3.05) is 14.2 Å². The van der Waals surface area contributed by atoms with E-state index in [0.717, 1.165) is 17.1 Å². The lowest BCUT2D eigenvalue weighted by molar-refractivity contribution is 0.355. The molecule has 19 heavy (non-hydrogen) atoms. The molecule has 0 aliphatic heterocycles.